The van der Waals surface area contributed by atoms with E-state index in [1.807, 2.05) is 0 Å². The van der Waals surface area contributed by atoms with Gasteiger partial charge in [-0.15, -0.1) is 0 Å². The number of aryl methyl sites for hydroxylation is 1. The maximum absolute atomic E-state index is 12.9. The Bertz CT molecular complexity index is 1380. The Hall–Kier alpha value is -4.12. The van der Waals surface area contributed by atoms with Gasteiger partial charge in [-0.25, -0.2) is 8.42 Å². The number of nitrogens with one attached hydrogen (secondary N) is 3. The first-order valence-corrected chi connectivity index (χ1v) is 12.0. The van der Waals surface area contributed by atoms with Crippen LogP contribution >= 0.6 is 0 Å². The fourth-order valence-corrected chi connectivity index (χ4v) is 4.46. The van der Waals surface area contributed by atoms with Crippen molar-refractivity contribution in [1.82, 2.24) is 9.88 Å². The molecule has 10 nitrogen and oxygen atoms in total. The average Bonchev–Trinajstić information content (AvgIpc) is 2.79. The summed E-state index contributed by atoms with van der Waals surface area (Å²) in [5.74, 6) is -0.860. The number of benzene rings is 2. The molecule has 7 N–H and O–H groups in total. The van der Waals surface area contributed by atoms with Crippen molar-refractivity contribution in [3.05, 3.63) is 93.4 Å². The van der Waals surface area contributed by atoms with Gasteiger partial charge >= 0.3 is 0 Å². The Balaban J connectivity index is 1.69. The lowest BCUT2D eigenvalue weighted by Crippen LogP contribution is -2.34. The molecular weight excluding hydrogens is 456 g/mol. The normalized spacial score (nSPS) is 11.1. The number of nitrogen functional groups attached to an aromatic ring is 2. The molecule has 34 heavy (non-hydrogen) atoms. The summed E-state index contributed by atoms with van der Waals surface area (Å²) in [6.07, 6.45) is 0. The van der Waals surface area contributed by atoms with Crippen LogP contribution in [-0.4, -0.2) is 24.7 Å². The number of amidine groups is 1. The topological polar surface area (TPSA) is 173 Å². The number of carbonyl (C=O) groups is 1. The van der Waals surface area contributed by atoms with Crippen LogP contribution in [0.1, 0.15) is 22.4 Å². The van der Waals surface area contributed by atoms with Gasteiger partial charge in [0.1, 0.15) is 18.1 Å². The fraction of sp³-hybridized carbons (Fsp3) is 0.174. The number of nitrogens with zero attached hydrogens (tertiary/aromatic N) is 1. The summed E-state index contributed by atoms with van der Waals surface area (Å²) < 4.78 is 28.7. The zero-order valence-electron chi connectivity index (χ0n) is 18.5. The number of anilines is 2. The molecule has 0 saturated carbocycles. The van der Waals surface area contributed by atoms with E-state index >= 15 is 0 Å². The molecule has 11 heteroatoms. The first kappa shape index (κ1) is 24.5. The molecule has 1 amide bonds. The summed E-state index contributed by atoms with van der Waals surface area (Å²) in [5.41, 5.74) is 13.1. The Labute approximate surface area is 197 Å². The summed E-state index contributed by atoms with van der Waals surface area (Å²) in [6, 6.07) is 16.3. The number of aromatic nitrogens is 1. The monoisotopic (exact) mass is 482 g/mol. The number of hydrogen-bond donors (Lipinski definition) is 5. The Morgan fingerprint density at radius 2 is 1.74 bits per heavy atom. The third-order valence-corrected chi connectivity index (χ3v) is 6.34. The number of nitrogens with two attached hydrogens (primary N) is 2. The highest BCUT2D eigenvalue weighted by molar-refractivity contribution is 7.91. The van der Waals surface area contributed by atoms with E-state index < -0.39 is 27.2 Å². The molecule has 0 atom stereocenters. The van der Waals surface area contributed by atoms with Gasteiger partial charge in [0.15, 0.2) is 0 Å². The molecule has 3 aromatic rings. The maximum atomic E-state index is 12.9. The van der Waals surface area contributed by atoms with Crippen LogP contribution in [0.3, 0.4) is 0 Å². The van der Waals surface area contributed by atoms with Gasteiger partial charge in [-0.1, -0.05) is 42.5 Å². The zero-order chi connectivity index (χ0) is 24.9. The first-order chi connectivity index (χ1) is 16.1. The van der Waals surface area contributed by atoms with E-state index in [4.69, 9.17) is 16.9 Å². The number of rotatable bonds is 9. The number of amides is 1. The van der Waals surface area contributed by atoms with Crippen LogP contribution in [0.2, 0.25) is 0 Å². The second kappa shape index (κ2) is 10.2. The van der Waals surface area contributed by atoms with Crippen molar-refractivity contribution in [2.24, 2.45) is 5.73 Å². The van der Waals surface area contributed by atoms with Crippen molar-refractivity contribution in [3.63, 3.8) is 0 Å². The molecule has 0 saturated heterocycles. The summed E-state index contributed by atoms with van der Waals surface area (Å²) in [6.45, 7) is 1.59. The van der Waals surface area contributed by atoms with E-state index in [1.54, 1.807) is 61.5 Å². The highest BCUT2D eigenvalue weighted by Crippen LogP contribution is 2.16. The molecule has 0 aliphatic heterocycles. The van der Waals surface area contributed by atoms with Crippen molar-refractivity contribution in [2.75, 3.05) is 10.5 Å². The summed E-state index contributed by atoms with van der Waals surface area (Å²) >= 11 is 0. The van der Waals surface area contributed by atoms with Crippen LogP contribution in [-0.2, 0) is 33.7 Å². The van der Waals surface area contributed by atoms with Crippen LogP contribution in [0.4, 0.5) is 11.4 Å². The molecule has 0 spiro atoms. The Morgan fingerprint density at radius 1 is 1.06 bits per heavy atom. The number of hydrogen-bond acceptors (Lipinski definition) is 6. The number of carbonyl (C=O) groups excluding carboxylic acids is 1. The molecule has 0 fully saturated rings. The van der Waals surface area contributed by atoms with Gasteiger partial charge < -0.3 is 21.4 Å². The highest BCUT2D eigenvalue weighted by atomic mass is 32.2. The molecule has 0 radical (unpaired) electrons. The van der Waals surface area contributed by atoms with Gasteiger partial charge in [0.2, 0.25) is 15.9 Å². The average molecular weight is 483 g/mol. The SMILES string of the molecule is Cc1ccc(NS(=O)(=O)Cc2ccccc2N)c(=O)n1CC(=O)NCc1ccc(C(=N)N)cc1. The van der Waals surface area contributed by atoms with Gasteiger partial charge in [-0.05, 0) is 36.2 Å². The molecule has 0 aliphatic carbocycles. The van der Waals surface area contributed by atoms with Crippen LogP contribution in [0.25, 0.3) is 0 Å². The molecule has 3 rings (SSSR count). The van der Waals surface area contributed by atoms with Gasteiger partial charge in [0.25, 0.3) is 5.56 Å². The third kappa shape index (κ3) is 6.23. The van der Waals surface area contributed by atoms with E-state index in [-0.39, 0.29) is 24.6 Å². The van der Waals surface area contributed by atoms with Gasteiger partial charge in [0.05, 0.1) is 5.75 Å². The lowest BCUT2D eigenvalue weighted by molar-refractivity contribution is -0.121. The lowest BCUT2D eigenvalue weighted by Gasteiger charge is -2.14. The standard InChI is InChI=1S/C23H26N6O4S/c1-15-6-11-20(28-34(32,33)14-18-4-2-3-5-19(18)24)23(31)29(15)13-21(30)27-12-16-7-9-17(10-8-16)22(25)26/h2-11,28H,12-14,24H2,1H3,(H3,25,26)(H,27,30). The molecule has 1 heterocycles. The highest BCUT2D eigenvalue weighted by Gasteiger charge is 2.17. The van der Waals surface area contributed by atoms with Crippen LogP contribution < -0.4 is 27.1 Å². The van der Waals surface area contributed by atoms with Gasteiger partial charge in [0, 0.05) is 23.5 Å². The minimum absolute atomic E-state index is 0.0480. The smallest absolute Gasteiger partial charge is 0.275 e. The number of sulfonamides is 1. The third-order valence-electron chi connectivity index (χ3n) is 5.11. The zero-order valence-corrected chi connectivity index (χ0v) is 19.4. The van der Waals surface area contributed by atoms with Crippen molar-refractivity contribution in [2.45, 2.75) is 25.8 Å². The summed E-state index contributed by atoms with van der Waals surface area (Å²) in [4.78, 5) is 25.4. The Morgan fingerprint density at radius 3 is 2.38 bits per heavy atom. The summed E-state index contributed by atoms with van der Waals surface area (Å²) in [7, 11) is -3.91. The number of para-hydroxylation sites is 1. The molecular formula is C23H26N6O4S. The van der Waals surface area contributed by atoms with Crippen LogP contribution in [0, 0.1) is 12.3 Å². The second-order valence-corrected chi connectivity index (χ2v) is 9.45. The van der Waals surface area contributed by atoms with E-state index in [9.17, 15) is 18.0 Å². The van der Waals surface area contributed by atoms with Crippen molar-refractivity contribution in [3.8, 4) is 0 Å². The Kier molecular flexibility index (Phi) is 7.37. The van der Waals surface area contributed by atoms with Crippen LogP contribution in [0.15, 0.2) is 65.5 Å². The van der Waals surface area contributed by atoms with E-state index in [1.165, 1.54) is 10.6 Å². The predicted octanol–water partition coefficient (Wildman–Crippen LogP) is 1.28. The van der Waals surface area contributed by atoms with Crippen molar-refractivity contribution >= 4 is 33.1 Å². The molecule has 0 unspecified atom stereocenters. The van der Waals surface area contributed by atoms with E-state index in [0.29, 0.717) is 22.5 Å². The molecule has 0 bridgehead atoms. The number of pyridine rings is 1. The lowest BCUT2D eigenvalue weighted by atomic mass is 10.1. The minimum Gasteiger partial charge on any atom is -0.398 e. The van der Waals surface area contributed by atoms with Gasteiger partial charge in [-0.3, -0.25) is 19.7 Å². The first-order valence-electron chi connectivity index (χ1n) is 10.3. The molecule has 1 aromatic heterocycles. The predicted molar refractivity (Wildman–Crippen MR) is 132 cm³/mol. The summed E-state index contributed by atoms with van der Waals surface area (Å²) in [5, 5.41) is 10.1. The largest absolute Gasteiger partial charge is 0.398 e. The van der Waals surface area contributed by atoms with Crippen molar-refractivity contribution in [1.29, 1.82) is 5.41 Å². The fourth-order valence-electron chi connectivity index (χ4n) is 3.22. The van der Waals surface area contributed by atoms with Gasteiger partial charge in [-0.2, -0.15) is 0 Å². The minimum atomic E-state index is -3.91. The molecule has 2 aromatic carbocycles. The molecule has 0 aliphatic rings. The quantitative estimate of drug-likeness (QED) is 0.174. The van der Waals surface area contributed by atoms with E-state index in [0.717, 1.165) is 5.56 Å². The molecule has 178 valence electrons. The second-order valence-electron chi connectivity index (χ2n) is 7.73. The van der Waals surface area contributed by atoms with Crippen LogP contribution in [0.5, 0.6) is 0 Å². The van der Waals surface area contributed by atoms with Crippen molar-refractivity contribution < 1.29 is 13.2 Å². The maximum Gasteiger partial charge on any atom is 0.275 e. The van der Waals surface area contributed by atoms with E-state index in [2.05, 4.69) is 10.0 Å².